The molecule has 6 nitrogen and oxygen atoms in total. The maximum Gasteiger partial charge on any atom is 0.337 e. The fourth-order valence-corrected chi connectivity index (χ4v) is 2.43. The molecule has 3 rings (SSSR count). The Bertz CT molecular complexity index is 915. The maximum atomic E-state index is 12.5. The number of carboxylic acid groups (broad SMARTS) is 1. The molecular weight excluding hydrogens is 306 g/mol. The van der Waals surface area contributed by atoms with Gasteiger partial charge in [-0.1, -0.05) is 24.3 Å². The number of hydrogen-bond acceptors (Lipinski definition) is 3. The number of rotatable bonds is 4. The molecule has 0 bridgehead atoms. The number of benzene rings is 2. The number of aromatic amines is 1. The zero-order valence-electron chi connectivity index (χ0n) is 12.9. The summed E-state index contributed by atoms with van der Waals surface area (Å²) >= 11 is 0. The number of carbonyl (C=O) groups excluding carboxylic acids is 1. The Balaban J connectivity index is 1.89. The number of amides is 1. The first kappa shape index (κ1) is 15.5. The fraction of sp³-hybridized carbons (Fsp3) is 0.0556. The first-order valence-electron chi connectivity index (χ1n) is 7.30. The van der Waals surface area contributed by atoms with Crippen molar-refractivity contribution in [1.82, 2.24) is 10.2 Å². The van der Waals surface area contributed by atoms with Crippen molar-refractivity contribution in [2.45, 2.75) is 6.92 Å². The van der Waals surface area contributed by atoms with E-state index in [0.717, 1.165) is 16.8 Å². The Morgan fingerprint density at radius 3 is 2.62 bits per heavy atom. The van der Waals surface area contributed by atoms with Gasteiger partial charge in [0.1, 0.15) is 0 Å². The summed E-state index contributed by atoms with van der Waals surface area (Å²) in [5.74, 6) is -1.46. The number of aryl methyl sites for hydroxylation is 1. The molecule has 120 valence electrons. The third-order valence-corrected chi connectivity index (χ3v) is 3.65. The van der Waals surface area contributed by atoms with E-state index < -0.39 is 5.97 Å². The largest absolute Gasteiger partial charge is 0.478 e. The summed E-state index contributed by atoms with van der Waals surface area (Å²) in [7, 11) is 0. The lowest BCUT2D eigenvalue weighted by Gasteiger charge is -2.09. The number of aromatic nitrogens is 2. The summed E-state index contributed by atoms with van der Waals surface area (Å²) in [5.41, 5.74) is 3.40. The third-order valence-electron chi connectivity index (χ3n) is 3.65. The number of H-pyrrole nitrogens is 1. The minimum atomic E-state index is -1.09. The number of hydrogen-bond donors (Lipinski definition) is 3. The second kappa shape index (κ2) is 6.37. The Hall–Kier alpha value is -3.41. The molecule has 0 saturated heterocycles. The molecule has 2 aromatic carbocycles. The molecule has 0 fully saturated rings. The third kappa shape index (κ3) is 3.03. The predicted octanol–water partition coefficient (Wildman–Crippen LogP) is 3.34. The number of anilines is 1. The minimum Gasteiger partial charge on any atom is -0.478 e. The van der Waals surface area contributed by atoms with Gasteiger partial charge in [-0.15, -0.1) is 0 Å². The van der Waals surface area contributed by atoms with Crippen molar-refractivity contribution in [1.29, 1.82) is 0 Å². The normalized spacial score (nSPS) is 10.4. The lowest BCUT2D eigenvalue weighted by Crippen LogP contribution is -2.14. The fourth-order valence-electron chi connectivity index (χ4n) is 2.43. The molecular formula is C18H15N3O3. The van der Waals surface area contributed by atoms with E-state index in [1.807, 2.05) is 13.0 Å². The van der Waals surface area contributed by atoms with Gasteiger partial charge in [0.15, 0.2) is 0 Å². The second-order valence-corrected chi connectivity index (χ2v) is 5.31. The van der Waals surface area contributed by atoms with Gasteiger partial charge in [-0.2, -0.15) is 5.10 Å². The summed E-state index contributed by atoms with van der Waals surface area (Å²) in [6.07, 6.45) is 1.71. The van der Waals surface area contributed by atoms with Crippen LogP contribution in [0.5, 0.6) is 0 Å². The highest BCUT2D eigenvalue weighted by molar-refractivity contribution is 6.08. The van der Waals surface area contributed by atoms with Crippen LogP contribution in [0.3, 0.4) is 0 Å². The minimum absolute atomic E-state index is 0.0476. The Labute approximate surface area is 138 Å². The van der Waals surface area contributed by atoms with Gasteiger partial charge in [-0.25, -0.2) is 4.79 Å². The quantitative estimate of drug-likeness (QED) is 0.687. The molecule has 0 spiro atoms. The standard InChI is InChI=1S/C18H15N3O3/c1-11-10-19-21-16(11)12-5-4-6-13(9-12)17(22)20-15-8-3-2-7-14(15)18(23)24/h2-10H,1H3,(H,19,21)(H,20,22)(H,23,24). The summed E-state index contributed by atoms with van der Waals surface area (Å²) in [6.45, 7) is 1.93. The Morgan fingerprint density at radius 2 is 1.92 bits per heavy atom. The van der Waals surface area contributed by atoms with E-state index >= 15 is 0 Å². The summed E-state index contributed by atoms with van der Waals surface area (Å²) in [6, 6.07) is 13.4. The van der Waals surface area contributed by atoms with Crippen molar-refractivity contribution < 1.29 is 14.7 Å². The average Bonchev–Trinajstić information content (AvgIpc) is 3.01. The van der Waals surface area contributed by atoms with Gasteiger partial charge >= 0.3 is 5.97 Å². The first-order valence-corrected chi connectivity index (χ1v) is 7.30. The van der Waals surface area contributed by atoms with E-state index in [-0.39, 0.29) is 17.2 Å². The number of carboxylic acids is 1. The molecule has 0 saturated carbocycles. The smallest absolute Gasteiger partial charge is 0.337 e. The highest BCUT2D eigenvalue weighted by atomic mass is 16.4. The van der Waals surface area contributed by atoms with Crippen molar-refractivity contribution in [3.05, 3.63) is 71.4 Å². The van der Waals surface area contributed by atoms with Crippen LogP contribution in [0.25, 0.3) is 11.3 Å². The van der Waals surface area contributed by atoms with Crippen LogP contribution >= 0.6 is 0 Å². The van der Waals surface area contributed by atoms with Crippen LogP contribution in [0.2, 0.25) is 0 Å². The van der Waals surface area contributed by atoms with Crippen LogP contribution in [0.4, 0.5) is 5.69 Å². The summed E-state index contributed by atoms with van der Waals surface area (Å²) < 4.78 is 0. The number of carbonyl (C=O) groups is 2. The monoisotopic (exact) mass is 321 g/mol. The van der Waals surface area contributed by atoms with Crippen LogP contribution in [0.15, 0.2) is 54.7 Å². The van der Waals surface area contributed by atoms with Crippen molar-refractivity contribution in [2.24, 2.45) is 0 Å². The zero-order valence-corrected chi connectivity index (χ0v) is 12.9. The van der Waals surface area contributed by atoms with Gasteiger partial charge in [0.25, 0.3) is 5.91 Å². The summed E-state index contributed by atoms with van der Waals surface area (Å²) in [5, 5.41) is 18.7. The van der Waals surface area contributed by atoms with Crippen molar-refractivity contribution in [3.63, 3.8) is 0 Å². The molecule has 0 radical (unpaired) electrons. The van der Waals surface area contributed by atoms with Crippen LogP contribution in [-0.4, -0.2) is 27.2 Å². The molecule has 1 aromatic heterocycles. The maximum absolute atomic E-state index is 12.5. The molecule has 1 heterocycles. The molecule has 1 amide bonds. The van der Waals surface area contributed by atoms with E-state index in [1.165, 1.54) is 6.07 Å². The Kier molecular flexibility index (Phi) is 4.11. The van der Waals surface area contributed by atoms with Gasteiger partial charge < -0.3 is 10.4 Å². The van der Waals surface area contributed by atoms with E-state index in [2.05, 4.69) is 15.5 Å². The molecule has 24 heavy (non-hydrogen) atoms. The van der Waals surface area contributed by atoms with E-state index in [4.69, 9.17) is 0 Å². The van der Waals surface area contributed by atoms with Crippen LogP contribution < -0.4 is 5.32 Å². The number of nitrogens with one attached hydrogen (secondary N) is 2. The van der Waals surface area contributed by atoms with Crippen LogP contribution in [0, 0.1) is 6.92 Å². The zero-order chi connectivity index (χ0) is 17.1. The molecule has 3 N–H and O–H groups in total. The van der Waals surface area contributed by atoms with Crippen LogP contribution in [-0.2, 0) is 0 Å². The SMILES string of the molecule is Cc1cn[nH]c1-c1cccc(C(=O)Nc2ccccc2C(=O)O)c1. The topological polar surface area (TPSA) is 95.1 Å². The number of para-hydroxylation sites is 1. The molecule has 0 aliphatic rings. The van der Waals surface area contributed by atoms with Gasteiger partial charge in [0.05, 0.1) is 23.1 Å². The van der Waals surface area contributed by atoms with E-state index in [0.29, 0.717) is 5.56 Å². The molecule has 0 aliphatic carbocycles. The first-order chi connectivity index (χ1) is 11.6. The average molecular weight is 321 g/mol. The van der Waals surface area contributed by atoms with Gasteiger partial charge in [0.2, 0.25) is 0 Å². The van der Waals surface area contributed by atoms with E-state index in [9.17, 15) is 14.7 Å². The van der Waals surface area contributed by atoms with Crippen molar-refractivity contribution >= 4 is 17.6 Å². The molecule has 0 aliphatic heterocycles. The lowest BCUT2D eigenvalue weighted by atomic mass is 10.1. The lowest BCUT2D eigenvalue weighted by molar-refractivity contribution is 0.0698. The van der Waals surface area contributed by atoms with Gasteiger partial charge in [0, 0.05) is 11.1 Å². The predicted molar refractivity (Wildman–Crippen MR) is 90.1 cm³/mol. The van der Waals surface area contributed by atoms with E-state index in [1.54, 1.807) is 42.6 Å². The van der Waals surface area contributed by atoms with Crippen LogP contribution in [0.1, 0.15) is 26.3 Å². The number of nitrogens with zero attached hydrogens (tertiary/aromatic N) is 1. The molecule has 0 unspecified atom stereocenters. The number of aromatic carboxylic acids is 1. The van der Waals surface area contributed by atoms with Crippen molar-refractivity contribution in [3.8, 4) is 11.3 Å². The van der Waals surface area contributed by atoms with Gasteiger partial charge in [-0.05, 0) is 36.8 Å². The molecule has 0 atom stereocenters. The van der Waals surface area contributed by atoms with Gasteiger partial charge in [-0.3, -0.25) is 9.89 Å². The molecule has 3 aromatic rings. The Morgan fingerprint density at radius 1 is 1.12 bits per heavy atom. The second-order valence-electron chi connectivity index (χ2n) is 5.31. The highest BCUT2D eigenvalue weighted by Gasteiger charge is 2.14. The summed E-state index contributed by atoms with van der Waals surface area (Å²) in [4.78, 5) is 23.7. The van der Waals surface area contributed by atoms with Crippen molar-refractivity contribution in [2.75, 3.05) is 5.32 Å². The highest BCUT2D eigenvalue weighted by Crippen LogP contribution is 2.22. The molecule has 6 heteroatoms.